The number of nitrogens with zero attached hydrogens (tertiary/aromatic N) is 1. The average Bonchev–Trinajstić information content (AvgIpc) is 2.58. The van der Waals surface area contributed by atoms with E-state index in [4.69, 9.17) is 38.4 Å². The van der Waals surface area contributed by atoms with Crippen molar-refractivity contribution >= 4 is 41.4 Å². The number of amides is 2. The Hall–Kier alpha value is -2.03. The second-order valence-electron chi connectivity index (χ2n) is 7.28. The fraction of sp³-hybridized carbons (Fsp3) is 0.526. The van der Waals surface area contributed by atoms with E-state index in [0.717, 1.165) is 0 Å². The molecule has 0 aliphatic rings. The number of rotatable bonds is 8. The van der Waals surface area contributed by atoms with Gasteiger partial charge in [0, 0.05) is 15.6 Å². The van der Waals surface area contributed by atoms with E-state index in [1.54, 1.807) is 32.9 Å². The van der Waals surface area contributed by atoms with E-state index in [2.05, 4.69) is 0 Å². The van der Waals surface area contributed by atoms with Gasteiger partial charge in [0.2, 0.25) is 0 Å². The van der Waals surface area contributed by atoms with Crippen LogP contribution in [0.4, 0.5) is 9.59 Å². The first-order chi connectivity index (χ1) is 13.5. The van der Waals surface area contributed by atoms with Gasteiger partial charge >= 0.3 is 18.2 Å². The maximum atomic E-state index is 12.6. The highest BCUT2D eigenvalue weighted by atomic mass is 35.5. The van der Waals surface area contributed by atoms with Crippen LogP contribution >= 0.6 is 23.2 Å². The zero-order valence-electron chi connectivity index (χ0n) is 16.6. The van der Waals surface area contributed by atoms with E-state index in [0.29, 0.717) is 34.9 Å². The third kappa shape index (κ3) is 8.47. The lowest BCUT2D eigenvalue weighted by Gasteiger charge is -2.29. The quantitative estimate of drug-likeness (QED) is 0.563. The van der Waals surface area contributed by atoms with Gasteiger partial charge in [0.1, 0.15) is 18.2 Å². The first-order valence-electron chi connectivity index (χ1n) is 9.02. The fourth-order valence-electron chi connectivity index (χ4n) is 2.33. The van der Waals surface area contributed by atoms with Crippen molar-refractivity contribution in [3.05, 3.63) is 33.8 Å². The third-order valence-electron chi connectivity index (χ3n) is 3.68. The van der Waals surface area contributed by atoms with Crippen LogP contribution in [0.5, 0.6) is 0 Å². The highest BCUT2D eigenvalue weighted by molar-refractivity contribution is 6.35. The molecule has 0 aliphatic carbocycles. The molecule has 2 amide bonds. The summed E-state index contributed by atoms with van der Waals surface area (Å²) >= 11 is 11.9. The molecule has 8 nitrogen and oxygen atoms in total. The Morgan fingerprint density at radius 2 is 1.83 bits per heavy atom. The van der Waals surface area contributed by atoms with Crippen LogP contribution in [-0.4, -0.2) is 46.3 Å². The summed E-state index contributed by atoms with van der Waals surface area (Å²) in [5.74, 6) is -1.35. The highest BCUT2D eigenvalue weighted by Crippen LogP contribution is 2.23. The lowest BCUT2D eigenvalue weighted by atomic mass is 10.1. The van der Waals surface area contributed by atoms with Gasteiger partial charge in [0.15, 0.2) is 0 Å². The highest BCUT2D eigenvalue weighted by Gasteiger charge is 2.38. The number of ether oxygens (including phenoxy) is 2. The number of nitrogens with two attached hydrogens (primary N) is 1. The Morgan fingerprint density at radius 1 is 1.17 bits per heavy atom. The molecule has 0 aliphatic heterocycles. The molecule has 0 bridgehead atoms. The number of carboxylic acids is 1. The van der Waals surface area contributed by atoms with Crippen LogP contribution in [0.25, 0.3) is 0 Å². The van der Waals surface area contributed by atoms with Gasteiger partial charge < -0.3 is 20.3 Å². The van der Waals surface area contributed by atoms with E-state index < -0.39 is 29.8 Å². The number of carbonyl (C=O) groups is 3. The molecular formula is C19H26Cl2N2O6. The Morgan fingerprint density at radius 3 is 2.34 bits per heavy atom. The second-order valence-corrected chi connectivity index (χ2v) is 8.12. The molecule has 0 radical (unpaired) electrons. The SMILES string of the molecule is CC(C)(C)OC(=O)N(C(=O)OCc1ccc(Cl)cc1Cl)[C@@H](CCCCN)C(=O)O. The van der Waals surface area contributed by atoms with Crippen molar-refractivity contribution in [2.45, 2.75) is 58.3 Å². The Bertz CT molecular complexity index is 736. The molecule has 0 saturated heterocycles. The molecule has 0 fully saturated rings. The summed E-state index contributed by atoms with van der Waals surface area (Å²) in [5, 5.41) is 10.3. The van der Waals surface area contributed by atoms with E-state index in [1.807, 2.05) is 0 Å². The molecule has 0 heterocycles. The molecular weight excluding hydrogens is 423 g/mol. The van der Waals surface area contributed by atoms with Crippen LogP contribution in [0.2, 0.25) is 10.0 Å². The van der Waals surface area contributed by atoms with E-state index >= 15 is 0 Å². The molecule has 3 N–H and O–H groups in total. The number of aliphatic carboxylic acids is 1. The van der Waals surface area contributed by atoms with Crippen LogP contribution in [0.15, 0.2) is 18.2 Å². The van der Waals surface area contributed by atoms with Gasteiger partial charge in [-0.3, -0.25) is 0 Å². The number of unbranched alkanes of at least 4 members (excludes halogenated alkanes) is 1. The monoisotopic (exact) mass is 448 g/mol. The number of imide groups is 1. The summed E-state index contributed by atoms with van der Waals surface area (Å²) in [6.45, 7) is 4.89. The number of carbonyl (C=O) groups excluding carboxylic acids is 2. The van der Waals surface area contributed by atoms with Crippen LogP contribution in [-0.2, 0) is 20.9 Å². The molecule has 1 aromatic rings. The number of halogens is 2. The predicted octanol–water partition coefficient (Wildman–Crippen LogP) is 4.45. The number of hydrogen-bond donors (Lipinski definition) is 2. The third-order valence-corrected chi connectivity index (χ3v) is 4.27. The molecule has 1 aromatic carbocycles. The molecule has 0 aromatic heterocycles. The van der Waals surface area contributed by atoms with Gasteiger partial charge in [-0.15, -0.1) is 0 Å². The van der Waals surface area contributed by atoms with Gasteiger partial charge in [-0.2, -0.15) is 4.90 Å². The standard InChI is InChI=1S/C19H26Cl2N2O6/c1-19(2,3)29-18(27)23(15(16(24)25)6-4-5-9-22)17(26)28-11-12-7-8-13(20)10-14(12)21/h7-8,10,15H,4-6,9,11,22H2,1-3H3,(H,24,25)/t15-/m0/s1. The zero-order valence-corrected chi connectivity index (χ0v) is 18.1. The van der Waals surface area contributed by atoms with Gasteiger partial charge in [-0.1, -0.05) is 29.3 Å². The summed E-state index contributed by atoms with van der Waals surface area (Å²) in [4.78, 5) is 37.5. The predicted molar refractivity (Wildman–Crippen MR) is 109 cm³/mol. The smallest absolute Gasteiger partial charge is 0.420 e. The minimum atomic E-state index is -1.45. The van der Waals surface area contributed by atoms with Crippen molar-refractivity contribution in [1.82, 2.24) is 4.90 Å². The van der Waals surface area contributed by atoms with Crippen molar-refractivity contribution in [2.24, 2.45) is 5.73 Å². The number of carboxylic acid groups (broad SMARTS) is 1. The lowest BCUT2D eigenvalue weighted by Crippen LogP contribution is -2.50. The molecule has 0 saturated carbocycles. The summed E-state index contributed by atoms with van der Waals surface area (Å²) in [6, 6.07) is 3.15. The van der Waals surface area contributed by atoms with Gasteiger partial charge in [-0.05, 0) is 58.7 Å². The van der Waals surface area contributed by atoms with Crippen molar-refractivity contribution in [3.8, 4) is 0 Å². The molecule has 1 rings (SSSR count). The topological polar surface area (TPSA) is 119 Å². The summed E-state index contributed by atoms with van der Waals surface area (Å²) in [5.41, 5.74) is 4.95. The first-order valence-corrected chi connectivity index (χ1v) is 9.77. The molecule has 0 spiro atoms. The molecule has 10 heteroatoms. The van der Waals surface area contributed by atoms with Crippen molar-refractivity contribution < 1.29 is 29.0 Å². The molecule has 1 atom stereocenters. The van der Waals surface area contributed by atoms with Gasteiger partial charge in [-0.25, -0.2) is 14.4 Å². The van der Waals surface area contributed by atoms with Crippen molar-refractivity contribution in [3.63, 3.8) is 0 Å². The molecule has 162 valence electrons. The van der Waals surface area contributed by atoms with Crippen LogP contribution < -0.4 is 5.73 Å². The largest absolute Gasteiger partial charge is 0.480 e. The average molecular weight is 449 g/mol. The zero-order chi connectivity index (χ0) is 22.2. The summed E-state index contributed by atoms with van der Waals surface area (Å²) in [7, 11) is 0. The van der Waals surface area contributed by atoms with Gasteiger partial charge in [0.25, 0.3) is 0 Å². The maximum Gasteiger partial charge on any atom is 0.420 e. The summed E-state index contributed by atoms with van der Waals surface area (Å²) < 4.78 is 10.4. The molecule has 29 heavy (non-hydrogen) atoms. The van der Waals surface area contributed by atoms with E-state index in [-0.39, 0.29) is 18.1 Å². The van der Waals surface area contributed by atoms with Gasteiger partial charge in [0.05, 0.1) is 0 Å². The Kier molecular flexibility index (Phi) is 9.68. The number of benzene rings is 1. The first kappa shape index (κ1) is 25.0. The Labute approximate surface area is 179 Å². The van der Waals surface area contributed by atoms with Crippen molar-refractivity contribution in [2.75, 3.05) is 6.54 Å². The fourth-order valence-corrected chi connectivity index (χ4v) is 2.80. The van der Waals surface area contributed by atoms with Crippen LogP contribution in [0, 0.1) is 0 Å². The van der Waals surface area contributed by atoms with Crippen LogP contribution in [0.3, 0.4) is 0 Å². The van der Waals surface area contributed by atoms with Crippen molar-refractivity contribution in [1.29, 1.82) is 0 Å². The van der Waals surface area contributed by atoms with E-state index in [1.165, 1.54) is 6.07 Å². The maximum absolute atomic E-state index is 12.6. The minimum Gasteiger partial charge on any atom is -0.480 e. The van der Waals surface area contributed by atoms with E-state index in [9.17, 15) is 19.5 Å². The summed E-state index contributed by atoms with van der Waals surface area (Å²) in [6.07, 6.45) is -1.29. The molecule has 0 unspecified atom stereocenters. The lowest BCUT2D eigenvalue weighted by molar-refractivity contribution is -0.143. The minimum absolute atomic E-state index is 0.0164. The van der Waals surface area contributed by atoms with Crippen LogP contribution in [0.1, 0.15) is 45.6 Å². The number of hydrogen-bond acceptors (Lipinski definition) is 6. The normalized spacial score (nSPS) is 12.2. The second kappa shape index (κ2) is 11.2. The Balaban J connectivity index is 3.04.